The maximum absolute atomic E-state index is 5.65. The van der Waals surface area contributed by atoms with Crippen molar-refractivity contribution < 1.29 is 9.47 Å². The van der Waals surface area contributed by atoms with E-state index in [-0.39, 0.29) is 0 Å². The van der Waals surface area contributed by atoms with E-state index in [1.807, 2.05) is 19.1 Å². The topological polar surface area (TPSA) is 30.5 Å². The Morgan fingerprint density at radius 1 is 1.22 bits per heavy atom. The summed E-state index contributed by atoms with van der Waals surface area (Å²) in [6.45, 7) is 9.36. The van der Waals surface area contributed by atoms with Crippen LogP contribution in [0.2, 0.25) is 0 Å². The fourth-order valence-electron chi connectivity index (χ4n) is 1.72. The van der Waals surface area contributed by atoms with Crippen LogP contribution in [0.15, 0.2) is 24.3 Å². The highest BCUT2D eigenvalue weighted by atomic mass is 16.5. The van der Waals surface area contributed by atoms with Crippen LogP contribution in [0.5, 0.6) is 5.75 Å². The number of benzene rings is 1. The Bertz CT molecular complexity index is 328. The summed E-state index contributed by atoms with van der Waals surface area (Å²) >= 11 is 0. The third-order valence-corrected chi connectivity index (χ3v) is 2.76. The molecule has 18 heavy (non-hydrogen) atoms. The van der Waals surface area contributed by atoms with Gasteiger partial charge in [-0.15, -0.1) is 0 Å². The van der Waals surface area contributed by atoms with Gasteiger partial charge in [0, 0.05) is 12.6 Å². The molecule has 0 spiro atoms. The van der Waals surface area contributed by atoms with E-state index in [0.717, 1.165) is 25.3 Å². The Balaban J connectivity index is 2.45. The van der Waals surface area contributed by atoms with Gasteiger partial charge in [-0.3, -0.25) is 0 Å². The molecular weight excluding hydrogens is 226 g/mol. The van der Waals surface area contributed by atoms with E-state index in [0.29, 0.717) is 19.3 Å². The quantitative estimate of drug-likeness (QED) is 0.684. The fraction of sp³-hybridized carbons (Fsp3) is 0.600. The van der Waals surface area contributed by atoms with Crippen molar-refractivity contribution in [2.75, 3.05) is 26.4 Å². The van der Waals surface area contributed by atoms with Crippen molar-refractivity contribution >= 4 is 0 Å². The fourth-order valence-corrected chi connectivity index (χ4v) is 1.72. The van der Waals surface area contributed by atoms with Crippen molar-refractivity contribution in [3.05, 3.63) is 29.8 Å². The van der Waals surface area contributed by atoms with E-state index in [4.69, 9.17) is 9.47 Å². The average molecular weight is 251 g/mol. The zero-order valence-corrected chi connectivity index (χ0v) is 11.7. The number of ether oxygens (including phenoxy) is 2. The average Bonchev–Trinajstić information content (AvgIpc) is 2.41. The summed E-state index contributed by atoms with van der Waals surface area (Å²) in [5, 5.41) is 3.47. The maximum Gasteiger partial charge on any atom is 0.119 e. The molecule has 0 radical (unpaired) electrons. The normalized spacial score (nSPS) is 12.4. The van der Waals surface area contributed by atoms with Crippen molar-refractivity contribution in [2.24, 2.45) is 0 Å². The van der Waals surface area contributed by atoms with Gasteiger partial charge in [0.15, 0.2) is 0 Å². The van der Waals surface area contributed by atoms with Crippen LogP contribution in [0, 0.1) is 0 Å². The Hall–Kier alpha value is -1.06. The van der Waals surface area contributed by atoms with Crippen molar-refractivity contribution in [1.82, 2.24) is 5.32 Å². The minimum absolute atomic E-state index is 0.361. The lowest BCUT2D eigenvalue weighted by molar-refractivity contribution is 0.110. The van der Waals surface area contributed by atoms with Crippen molar-refractivity contribution in [1.29, 1.82) is 0 Å². The molecule has 0 aliphatic carbocycles. The minimum atomic E-state index is 0.361. The Kier molecular flexibility index (Phi) is 7.46. The molecule has 1 rings (SSSR count). The monoisotopic (exact) mass is 251 g/mol. The molecule has 1 aromatic carbocycles. The molecule has 3 nitrogen and oxygen atoms in total. The van der Waals surface area contributed by atoms with Crippen LogP contribution >= 0.6 is 0 Å². The molecule has 102 valence electrons. The molecule has 0 heterocycles. The first-order valence-electron chi connectivity index (χ1n) is 6.81. The van der Waals surface area contributed by atoms with Crippen LogP contribution in [-0.2, 0) is 4.74 Å². The van der Waals surface area contributed by atoms with Crippen LogP contribution in [0.1, 0.15) is 38.8 Å². The largest absolute Gasteiger partial charge is 0.491 e. The molecular formula is C15H25NO2. The molecule has 0 amide bonds. The van der Waals surface area contributed by atoms with Gasteiger partial charge in [0.2, 0.25) is 0 Å². The van der Waals surface area contributed by atoms with Crippen molar-refractivity contribution in [3.8, 4) is 5.75 Å². The lowest BCUT2D eigenvalue weighted by atomic mass is 10.1. The van der Waals surface area contributed by atoms with Gasteiger partial charge in [0.05, 0.1) is 6.61 Å². The molecule has 1 aromatic rings. The van der Waals surface area contributed by atoms with Gasteiger partial charge in [-0.2, -0.15) is 0 Å². The summed E-state index contributed by atoms with van der Waals surface area (Å²) in [4.78, 5) is 0. The van der Waals surface area contributed by atoms with Crippen LogP contribution in [0.4, 0.5) is 0 Å². The molecule has 0 saturated heterocycles. The SMILES string of the molecule is CCCNC(C)c1cccc(OCCOCC)c1. The third kappa shape index (κ3) is 5.52. The van der Waals surface area contributed by atoms with E-state index < -0.39 is 0 Å². The van der Waals surface area contributed by atoms with E-state index in [2.05, 4.69) is 31.3 Å². The minimum Gasteiger partial charge on any atom is -0.491 e. The van der Waals surface area contributed by atoms with Gasteiger partial charge in [-0.1, -0.05) is 19.1 Å². The summed E-state index contributed by atoms with van der Waals surface area (Å²) in [6, 6.07) is 8.61. The highest BCUT2D eigenvalue weighted by Gasteiger charge is 2.05. The molecule has 0 bridgehead atoms. The van der Waals surface area contributed by atoms with E-state index in [9.17, 15) is 0 Å². The molecule has 1 atom stereocenters. The van der Waals surface area contributed by atoms with Crippen molar-refractivity contribution in [3.63, 3.8) is 0 Å². The molecule has 3 heteroatoms. The standard InChI is InChI=1S/C15H25NO2/c1-4-9-16-13(3)14-7-6-8-15(12-14)18-11-10-17-5-2/h6-8,12-13,16H,4-5,9-11H2,1-3H3. The smallest absolute Gasteiger partial charge is 0.119 e. The Morgan fingerprint density at radius 3 is 2.78 bits per heavy atom. The molecule has 0 aliphatic heterocycles. The van der Waals surface area contributed by atoms with Crippen LogP contribution < -0.4 is 10.1 Å². The van der Waals surface area contributed by atoms with Gasteiger partial charge in [0.25, 0.3) is 0 Å². The first-order valence-corrected chi connectivity index (χ1v) is 6.81. The summed E-state index contributed by atoms with van der Waals surface area (Å²) in [6.07, 6.45) is 1.15. The first kappa shape index (κ1) is 15.0. The molecule has 0 aromatic heterocycles. The van der Waals surface area contributed by atoms with E-state index in [1.54, 1.807) is 0 Å². The van der Waals surface area contributed by atoms with Gasteiger partial charge in [-0.05, 0) is 44.5 Å². The van der Waals surface area contributed by atoms with Crippen molar-refractivity contribution in [2.45, 2.75) is 33.2 Å². The first-order chi connectivity index (χ1) is 8.77. The van der Waals surface area contributed by atoms with Gasteiger partial charge >= 0.3 is 0 Å². The number of rotatable bonds is 9. The molecule has 0 aliphatic rings. The molecule has 0 saturated carbocycles. The lowest BCUT2D eigenvalue weighted by Crippen LogP contribution is -2.19. The second-order valence-electron chi connectivity index (χ2n) is 4.29. The molecule has 0 fully saturated rings. The molecule has 1 N–H and O–H groups in total. The van der Waals surface area contributed by atoms with Gasteiger partial charge < -0.3 is 14.8 Å². The zero-order valence-electron chi connectivity index (χ0n) is 11.7. The van der Waals surface area contributed by atoms with Gasteiger partial charge in [0.1, 0.15) is 12.4 Å². The number of hydrogen-bond acceptors (Lipinski definition) is 3. The van der Waals surface area contributed by atoms with Crippen LogP contribution in [0.25, 0.3) is 0 Å². The third-order valence-electron chi connectivity index (χ3n) is 2.76. The summed E-state index contributed by atoms with van der Waals surface area (Å²) in [5.41, 5.74) is 1.26. The lowest BCUT2D eigenvalue weighted by Gasteiger charge is -2.15. The van der Waals surface area contributed by atoms with Gasteiger partial charge in [-0.25, -0.2) is 0 Å². The second kappa shape index (κ2) is 8.95. The summed E-state index contributed by atoms with van der Waals surface area (Å²) in [5.74, 6) is 0.914. The number of hydrogen-bond donors (Lipinski definition) is 1. The predicted octanol–water partition coefficient (Wildman–Crippen LogP) is 3.16. The highest BCUT2D eigenvalue weighted by molar-refractivity contribution is 5.30. The van der Waals surface area contributed by atoms with E-state index >= 15 is 0 Å². The highest BCUT2D eigenvalue weighted by Crippen LogP contribution is 2.19. The van der Waals surface area contributed by atoms with Crippen LogP contribution in [0.3, 0.4) is 0 Å². The predicted molar refractivity (Wildman–Crippen MR) is 75.1 cm³/mol. The number of nitrogens with one attached hydrogen (secondary N) is 1. The second-order valence-corrected chi connectivity index (χ2v) is 4.29. The maximum atomic E-state index is 5.65. The Labute approximate surface area is 110 Å². The summed E-state index contributed by atoms with van der Waals surface area (Å²) < 4.78 is 10.9. The van der Waals surface area contributed by atoms with Crippen LogP contribution in [-0.4, -0.2) is 26.4 Å². The molecule has 1 unspecified atom stereocenters. The summed E-state index contributed by atoms with van der Waals surface area (Å²) in [7, 11) is 0. The Morgan fingerprint density at radius 2 is 2.06 bits per heavy atom. The van der Waals surface area contributed by atoms with E-state index in [1.165, 1.54) is 5.56 Å². The zero-order chi connectivity index (χ0) is 13.2.